The van der Waals surface area contributed by atoms with Gasteiger partial charge in [-0.2, -0.15) is 0 Å². The van der Waals surface area contributed by atoms with E-state index in [2.05, 4.69) is 22.8 Å². The van der Waals surface area contributed by atoms with Crippen LogP contribution in [0, 0.1) is 6.42 Å². The summed E-state index contributed by atoms with van der Waals surface area (Å²) in [5.41, 5.74) is 2.08. The molecular formula is C19H19N2O2. The lowest BCUT2D eigenvalue weighted by atomic mass is 10.1. The molecule has 1 aliphatic carbocycles. The highest BCUT2D eigenvalue weighted by atomic mass is 16.5. The Morgan fingerprint density at radius 3 is 3.00 bits per heavy atom. The number of benzene rings is 1. The molecule has 1 amide bonds. The summed E-state index contributed by atoms with van der Waals surface area (Å²) in [6.07, 6.45) is 9.71. The molecule has 1 radical (unpaired) electrons. The molecule has 3 rings (SSSR count). The molecule has 4 heteroatoms. The molecule has 23 heavy (non-hydrogen) atoms. The first kappa shape index (κ1) is 15.3. The standard InChI is InChI=1S/C19H19N2O2/c1-14(22)20-12-11-15-7-9-18-16(13-15)8-10-19(21-18)23-17-5-3-2-4-6-17/h2-3,5-10,13H,4,11-12H2,1H3,(H,20,22). The Hall–Kier alpha value is -2.62. The second-order valence-electron chi connectivity index (χ2n) is 5.45. The Morgan fingerprint density at radius 1 is 1.30 bits per heavy atom. The van der Waals surface area contributed by atoms with Crippen LogP contribution in [0.15, 0.2) is 54.3 Å². The maximum absolute atomic E-state index is 10.9. The number of carbonyl (C=O) groups excluding carboxylic acids is 1. The van der Waals surface area contributed by atoms with Gasteiger partial charge >= 0.3 is 0 Å². The van der Waals surface area contributed by atoms with Crippen LogP contribution in [0.1, 0.15) is 18.9 Å². The Balaban J connectivity index is 1.72. The van der Waals surface area contributed by atoms with Crippen molar-refractivity contribution in [3.8, 4) is 5.88 Å². The van der Waals surface area contributed by atoms with Gasteiger partial charge < -0.3 is 10.1 Å². The van der Waals surface area contributed by atoms with Crippen molar-refractivity contribution in [1.29, 1.82) is 0 Å². The number of fused-ring (bicyclic) bond motifs is 1. The molecule has 0 saturated carbocycles. The molecule has 1 aromatic carbocycles. The van der Waals surface area contributed by atoms with Crippen LogP contribution in [0.5, 0.6) is 5.88 Å². The fourth-order valence-electron chi connectivity index (χ4n) is 2.44. The Morgan fingerprint density at radius 2 is 2.22 bits per heavy atom. The Bertz CT molecular complexity index is 778. The van der Waals surface area contributed by atoms with Gasteiger partial charge in [0.1, 0.15) is 5.76 Å². The zero-order valence-corrected chi connectivity index (χ0v) is 13.1. The van der Waals surface area contributed by atoms with E-state index in [0.717, 1.165) is 29.5 Å². The lowest BCUT2D eigenvalue weighted by Gasteiger charge is -2.09. The minimum absolute atomic E-state index is 0.00193. The van der Waals surface area contributed by atoms with Crippen LogP contribution < -0.4 is 10.1 Å². The van der Waals surface area contributed by atoms with Gasteiger partial charge in [-0.15, -0.1) is 0 Å². The number of rotatable bonds is 5. The largest absolute Gasteiger partial charge is 0.439 e. The summed E-state index contributed by atoms with van der Waals surface area (Å²) in [4.78, 5) is 15.4. The first-order valence-corrected chi connectivity index (χ1v) is 7.73. The van der Waals surface area contributed by atoms with Gasteiger partial charge in [0.25, 0.3) is 0 Å². The number of hydrogen-bond donors (Lipinski definition) is 1. The number of pyridine rings is 1. The monoisotopic (exact) mass is 307 g/mol. The van der Waals surface area contributed by atoms with E-state index < -0.39 is 0 Å². The molecule has 0 unspecified atom stereocenters. The number of allylic oxidation sites excluding steroid dienone is 3. The van der Waals surface area contributed by atoms with Gasteiger partial charge in [-0.1, -0.05) is 12.1 Å². The maximum atomic E-state index is 10.9. The fraction of sp³-hybridized carbons (Fsp3) is 0.211. The number of nitrogens with zero attached hydrogens (tertiary/aromatic N) is 1. The number of ether oxygens (including phenoxy) is 1. The summed E-state index contributed by atoms with van der Waals surface area (Å²) < 4.78 is 5.78. The SMILES string of the molecule is CC(=O)NCCc1ccc2nc(OC3=CC[CH]C=C3)ccc2c1. The minimum Gasteiger partial charge on any atom is -0.439 e. The van der Waals surface area contributed by atoms with Crippen molar-refractivity contribution in [2.45, 2.75) is 19.8 Å². The molecule has 1 aliphatic rings. The molecule has 2 aromatic rings. The molecule has 4 nitrogen and oxygen atoms in total. The number of amides is 1. The molecule has 0 bridgehead atoms. The molecular weight excluding hydrogens is 288 g/mol. The minimum atomic E-state index is -0.00193. The van der Waals surface area contributed by atoms with E-state index in [4.69, 9.17) is 4.74 Å². The van der Waals surface area contributed by atoms with Crippen molar-refractivity contribution in [3.63, 3.8) is 0 Å². The maximum Gasteiger partial charge on any atom is 0.219 e. The average molecular weight is 307 g/mol. The molecule has 1 aromatic heterocycles. The van der Waals surface area contributed by atoms with Crippen molar-refractivity contribution in [3.05, 3.63) is 66.3 Å². The van der Waals surface area contributed by atoms with Crippen molar-refractivity contribution in [2.24, 2.45) is 0 Å². The smallest absolute Gasteiger partial charge is 0.219 e. The summed E-state index contributed by atoms with van der Waals surface area (Å²) >= 11 is 0. The highest BCUT2D eigenvalue weighted by Gasteiger charge is 2.04. The number of nitrogens with one attached hydrogen (secondary N) is 1. The van der Waals surface area contributed by atoms with Gasteiger partial charge in [-0.05, 0) is 55.2 Å². The summed E-state index contributed by atoms with van der Waals surface area (Å²) in [5, 5.41) is 3.88. The predicted molar refractivity (Wildman–Crippen MR) is 90.9 cm³/mol. The van der Waals surface area contributed by atoms with Crippen LogP contribution in [0.25, 0.3) is 10.9 Å². The zero-order valence-electron chi connectivity index (χ0n) is 13.1. The van der Waals surface area contributed by atoms with Crippen LogP contribution in [0.4, 0.5) is 0 Å². The second-order valence-corrected chi connectivity index (χ2v) is 5.45. The molecule has 117 valence electrons. The average Bonchev–Trinajstić information content (AvgIpc) is 2.55. The van der Waals surface area contributed by atoms with Crippen LogP contribution in [-0.4, -0.2) is 17.4 Å². The van der Waals surface area contributed by atoms with Gasteiger partial charge in [0, 0.05) is 24.9 Å². The van der Waals surface area contributed by atoms with Crippen LogP contribution >= 0.6 is 0 Å². The predicted octanol–water partition coefficient (Wildman–Crippen LogP) is 3.34. The van der Waals surface area contributed by atoms with Crippen LogP contribution in [0.2, 0.25) is 0 Å². The van der Waals surface area contributed by atoms with E-state index in [1.807, 2.05) is 42.5 Å². The molecule has 0 spiro atoms. The summed E-state index contributed by atoms with van der Waals surface area (Å²) in [5.74, 6) is 1.42. The van der Waals surface area contributed by atoms with Crippen LogP contribution in [-0.2, 0) is 11.2 Å². The van der Waals surface area contributed by atoms with Crippen molar-refractivity contribution < 1.29 is 9.53 Å². The molecule has 0 saturated heterocycles. The highest BCUT2D eigenvalue weighted by molar-refractivity contribution is 5.80. The molecule has 1 N–H and O–H groups in total. The third-order valence-corrected chi connectivity index (χ3v) is 3.59. The molecule has 0 fully saturated rings. The van der Waals surface area contributed by atoms with Crippen LogP contribution in [0.3, 0.4) is 0 Å². The Labute approximate surface area is 135 Å². The van der Waals surface area contributed by atoms with Gasteiger partial charge in [0.05, 0.1) is 5.52 Å². The van der Waals surface area contributed by atoms with E-state index >= 15 is 0 Å². The van der Waals surface area contributed by atoms with Gasteiger partial charge in [-0.3, -0.25) is 4.79 Å². The van der Waals surface area contributed by atoms with E-state index in [0.29, 0.717) is 12.4 Å². The van der Waals surface area contributed by atoms with Crippen molar-refractivity contribution in [1.82, 2.24) is 10.3 Å². The normalized spacial score (nSPS) is 13.7. The zero-order chi connectivity index (χ0) is 16.1. The fourth-order valence-corrected chi connectivity index (χ4v) is 2.44. The van der Waals surface area contributed by atoms with E-state index in [1.54, 1.807) is 0 Å². The third-order valence-electron chi connectivity index (χ3n) is 3.59. The van der Waals surface area contributed by atoms with E-state index in [1.165, 1.54) is 12.5 Å². The first-order chi connectivity index (χ1) is 11.2. The van der Waals surface area contributed by atoms with E-state index in [9.17, 15) is 4.79 Å². The Kier molecular flexibility index (Phi) is 4.71. The van der Waals surface area contributed by atoms with Gasteiger partial charge in [-0.25, -0.2) is 4.98 Å². The topological polar surface area (TPSA) is 51.2 Å². The lowest BCUT2D eigenvalue weighted by molar-refractivity contribution is -0.118. The van der Waals surface area contributed by atoms with Gasteiger partial charge in [0.15, 0.2) is 0 Å². The number of hydrogen-bond acceptors (Lipinski definition) is 3. The quantitative estimate of drug-likeness (QED) is 0.921. The summed E-state index contributed by atoms with van der Waals surface area (Å²) in [6.45, 7) is 2.17. The number of carbonyl (C=O) groups is 1. The second kappa shape index (κ2) is 7.09. The lowest BCUT2D eigenvalue weighted by Crippen LogP contribution is -2.22. The summed E-state index contributed by atoms with van der Waals surface area (Å²) in [6, 6.07) is 10.0. The van der Waals surface area contributed by atoms with Gasteiger partial charge in [0.2, 0.25) is 11.8 Å². The molecule has 0 aliphatic heterocycles. The van der Waals surface area contributed by atoms with Crippen molar-refractivity contribution >= 4 is 16.8 Å². The molecule has 0 atom stereocenters. The highest BCUT2D eigenvalue weighted by Crippen LogP contribution is 2.21. The van der Waals surface area contributed by atoms with Crippen molar-refractivity contribution in [2.75, 3.05) is 6.54 Å². The van der Waals surface area contributed by atoms with E-state index in [-0.39, 0.29) is 5.91 Å². The first-order valence-electron chi connectivity index (χ1n) is 7.73. The third kappa shape index (κ3) is 4.19. The number of aromatic nitrogens is 1. The molecule has 1 heterocycles. The summed E-state index contributed by atoms with van der Waals surface area (Å²) in [7, 11) is 0.